The van der Waals surface area contributed by atoms with E-state index in [2.05, 4.69) is 20.5 Å². The van der Waals surface area contributed by atoms with Gasteiger partial charge in [0, 0.05) is 13.0 Å². The van der Waals surface area contributed by atoms with Gasteiger partial charge in [0.1, 0.15) is 12.2 Å². The summed E-state index contributed by atoms with van der Waals surface area (Å²) in [5.41, 5.74) is 7.07. The zero-order chi connectivity index (χ0) is 14.2. The first kappa shape index (κ1) is 14.2. The molecule has 6 heteroatoms. The van der Waals surface area contributed by atoms with E-state index in [1.807, 2.05) is 30.3 Å². The van der Waals surface area contributed by atoms with Gasteiger partial charge in [0.15, 0.2) is 0 Å². The molecule has 0 saturated heterocycles. The van der Waals surface area contributed by atoms with Crippen molar-refractivity contribution in [2.24, 2.45) is 5.73 Å². The fraction of sp³-hybridized carbons (Fsp3) is 0.357. The molecule has 20 heavy (non-hydrogen) atoms. The lowest BCUT2D eigenvalue weighted by atomic mass is 10.1. The van der Waals surface area contributed by atoms with Crippen LogP contribution in [0.1, 0.15) is 17.8 Å². The number of aromatic amines is 1. The third kappa shape index (κ3) is 4.47. The monoisotopic (exact) mass is 273 g/mol. The lowest BCUT2D eigenvalue weighted by Crippen LogP contribution is -2.41. The highest BCUT2D eigenvalue weighted by Gasteiger charge is 2.12. The molecule has 6 nitrogen and oxygen atoms in total. The van der Waals surface area contributed by atoms with Gasteiger partial charge in [0.2, 0.25) is 5.91 Å². The third-order valence-electron chi connectivity index (χ3n) is 3.05. The molecule has 1 heterocycles. The van der Waals surface area contributed by atoms with E-state index in [1.54, 1.807) is 0 Å². The van der Waals surface area contributed by atoms with Crippen molar-refractivity contribution in [1.82, 2.24) is 20.5 Å². The minimum absolute atomic E-state index is 0.125. The molecule has 0 aliphatic carbocycles. The number of rotatable bonds is 7. The summed E-state index contributed by atoms with van der Waals surface area (Å²) in [5, 5.41) is 9.29. The van der Waals surface area contributed by atoms with Gasteiger partial charge in [-0.05, 0) is 18.4 Å². The summed E-state index contributed by atoms with van der Waals surface area (Å²) in [5.74, 6) is 0.628. The van der Waals surface area contributed by atoms with E-state index in [4.69, 9.17) is 5.73 Å². The maximum Gasteiger partial charge on any atom is 0.236 e. The number of nitrogens with two attached hydrogens (primary N) is 1. The number of carbonyl (C=O) groups excluding carboxylic acids is 1. The summed E-state index contributed by atoms with van der Waals surface area (Å²) < 4.78 is 0. The summed E-state index contributed by atoms with van der Waals surface area (Å²) in [6, 6.07) is 9.53. The SMILES string of the molecule is N[C@@H](CCc1ccccc1)C(=O)NCCc1ncn[nH]1. The minimum atomic E-state index is -0.482. The Morgan fingerprint density at radius 3 is 2.80 bits per heavy atom. The predicted octanol–water partition coefficient (Wildman–Crippen LogP) is 0.423. The first-order chi connectivity index (χ1) is 9.75. The zero-order valence-electron chi connectivity index (χ0n) is 11.2. The van der Waals surface area contributed by atoms with Crippen molar-refractivity contribution < 1.29 is 4.79 Å². The molecule has 4 N–H and O–H groups in total. The minimum Gasteiger partial charge on any atom is -0.354 e. The predicted molar refractivity (Wildman–Crippen MR) is 75.8 cm³/mol. The highest BCUT2D eigenvalue weighted by molar-refractivity contribution is 5.81. The van der Waals surface area contributed by atoms with Crippen LogP contribution in [0.4, 0.5) is 0 Å². The Hall–Kier alpha value is -2.21. The fourth-order valence-electron chi connectivity index (χ4n) is 1.88. The second-order valence-corrected chi connectivity index (χ2v) is 4.60. The number of aromatic nitrogens is 3. The van der Waals surface area contributed by atoms with Gasteiger partial charge in [0.25, 0.3) is 0 Å². The summed E-state index contributed by atoms with van der Waals surface area (Å²) in [7, 11) is 0. The van der Waals surface area contributed by atoms with Crippen LogP contribution in [0.5, 0.6) is 0 Å². The van der Waals surface area contributed by atoms with Gasteiger partial charge in [-0.3, -0.25) is 9.89 Å². The summed E-state index contributed by atoms with van der Waals surface area (Å²) >= 11 is 0. The van der Waals surface area contributed by atoms with Gasteiger partial charge in [0.05, 0.1) is 6.04 Å². The van der Waals surface area contributed by atoms with E-state index >= 15 is 0 Å². The Morgan fingerprint density at radius 2 is 2.10 bits per heavy atom. The zero-order valence-corrected chi connectivity index (χ0v) is 11.2. The normalized spacial score (nSPS) is 12.1. The highest BCUT2D eigenvalue weighted by atomic mass is 16.2. The molecular weight excluding hydrogens is 254 g/mol. The third-order valence-corrected chi connectivity index (χ3v) is 3.05. The van der Waals surface area contributed by atoms with Gasteiger partial charge in [-0.25, -0.2) is 4.98 Å². The quantitative estimate of drug-likeness (QED) is 0.681. The average molecular weight is 273 g/mol. The molecule has 1 atom stereocenters. The van der Waals surface area contributed by atoms with Crippen molar-refractivity contribution in [2.75, 3.05) is 6.54 Å². The van der Waals surface area contributed by atoms with Crippen molar-refractivity contribution in [3.63, 3.8) is 0 Å². The lowest BCUT2D eigenvalue weighted by molar-refractivity contribution is -0.122. The standard InChI is InChI=1S/C14H19N5O/c15-12(7-6-11-4-2-1-3-5-11)14(20)16-9-8-13-17-10-18-19-13/h1-5,10,12H,6-9,15H2,(H,16,20)(H,17,18,19)/t12-/m0/s1. The van der Waals surface area contributed by atoms with Crippen LogP contribution in [-0.2, 0) is 17.6 Å². The first-order valence-electron chi connectivity index (χ1n) is 6.67. The largest absolute Gasteiger partial charge is 0.354 e. The lowest BCUT2D eigenvalue weighted by Gasteiger charge is -2.11. The van der Waals surface area contributed by atoms with E-state index in [-0.39, 0.29) is 5.91 Å². The van der Waals surface area contributed by atoms with Gasteiger partial charge < -0.3 is 11.1 Å². The summed E-state index contributed by atoms with van der Waals surface area (Å²) in [6.07, 6.45) is 3.51. The van der Waals surface area contributed by atoms with Crippen LogP contribution in [0.25, 0.3) is 0 Å². The maximum absolute atomic E-state index is 11.8. The fourth-order valence-corrected chi connectivity index (χ4v) is 1.88. The number of hydrogen-bond donors (Lipinski definition) is 3. The summed E-state index contributed by atoms with van der Waals surface area (Å²) in [6.45, 7) is 0.507. The smallest absolute Gasteiger partial charge is 0.236 e. The van der Waals surface area contributed by atoms with Crippen molar-refractivity contribution in [2.45, 2.75) is 25.3 Å². The van der Waals surface area contributed by atoms with E-state index in [1.165, 1.54) is 11.9 Å². The van der Waals surface area contributed by atoms with E-state index < -0.39 is 6.04 Å². The number of H-pyrrole nitrogens is 1. The molecule has 1 aromatic carbocycles. The van der Waals surface area contributed by atoms with Crippen molar-refractivity contribution in [1.29, 1.82) is 0 Å². The van der Waals surface area contributed by atoms with Crippen LogP contribution in [0, 0.1) is 0 Å². The molecule has 0 unspecified atom stereocenters. The average Bonchev–Trinajstić information content (AvgIpc) is 2.99. The number of aryl methyl sites for hydroxylation is 1. The van der Waals surface area contributed by atoms with Gasteiger partial charge in [-0.15, -0.1) is 0 Å². The van der Waals surface area contributed by atoms with Crippen LogP contribution < -0.4 is 11.1 Å². The van der Waals surface area contributed by atoms with Crippen LogP contribution in [0.3, 0.4) is 0 Å². The number of nitrogens with one attached hydrogen (secondary N) is 2. The van der Waals surface area contributed by atoms with Gasteiger partial charge in [-0.1, -0.05) is 30.3 Å². The van der Waals surface area contributed by atoms with Gasteiger partial charge >= 0.3 is 0 Å². The Morgan fingerprint density at radius 1 is 1.30 bits per heavy atom. The Kier molecular flexibility index (Phi) is 5.25. The molecule has 1 amide bonds. The molecular formula is C14H19N5O. The first-order valence-corrected chi connectivity index (χ1v) is 6.67. The molecule has 0 spiro atoms. The van der Waals surface area contributed by atoms with Gasteiger partial charge in [-0.2, -0.15) is 5.10 Å². The Labute approximate surface area is 117 Å². The molecule has 0 radical (unpaired) electrons. The van der Waals surface area contributed by atoms with Crippen LogP contribution in [0.2, 0.25) is 0 Å². The molecule has 0 aliphatic rings. The second kappa shape index (κ2) is 7.40. The molecule has 0 aliphatic heterocycles. The Balaban J connectivity index is 1.66. The number of carbonyl (C=O) groups is 1. The molecule has 106 valence electrons. The van der Waals surface area contributed by atoms with Crippen LogP contribution in [0.15, 0.2) is 36.7 Å². The molecule has 2 rings (SSSR count). The molecule has 0 saturated carbocycles. The van der Waals surface area contributed by atoms with Crippen LogP contribution in [-0.4, -0.2) is 33.7 Å². The Bertz CT molecular complexity index is 512. The topological polar surface area (TPSA) is 96.7 Å². The van der Waals surface area contributed by atoms with E-state index in [0.717, 1.165) is 12.2 Å². The van der Waals surface area contributed by atoms with Crippen LogP contribution >= 0.6 is 0 Å². The van der Waals surface area contributed by atoms with Crippen molar-refractivity contribution in [3.8, 4) is 0 Å². The maximum atomic E-state index is 11.8. The second-order valence-electron chi connectivity index (χ2n) is 4.60. The van der Waals surface area contributed by atoms with Crippen molar-refractivity contribution >= 4 is 5.91 Å². The summed E-state index contributed by atoms with van der Waals surface area (Å²) in [4.78, 5) is 15.8. The number of amides is 1. The highest BCUT2D eigenvalue weighted by Crippen LogP contribution is 2.04. The molecule has 0 bridgehead atoms. The number of hydrogen-bond acceptors (Lipinski definition) is 4. The molecule has 1 aromatic heterocycles. The van der Waals surface area contributed by atoms with E-state index in [0.29, 0.717) is 19.4 Å². The molecule has 2 aromatic rings. The number of benzene rings is 1. The number of nitrogens with zero attached hydrogens (tertiary/aromatic N) is 2. The molecule has 0 fully saturated rings. The van der Waals surface area contributed by atoms with Crippen molar-refractivity contribution in [3.05, 3.63) is 48.0 Å². The van der Waals surface area contributed by atoms with E-state index in [9.17, 15) is 4.79 Å².